The summed E-state index contributed by atoms with van der Waals surface area (Å²) in [6.07, 6.45) is 1.98. The van der Waals surface area contributed by atoms with Gasteiger partial charge in [0.25, 0.3) is 0 Å². The van der Waals surface area contributed by atoms with Gasteiger partial charge < -0.3 is 10.1 Å². The summed E-state index contributed by atoms with van der Waals surface area (Å²) < 4.78 is 29.1. The minimum atomic E-state index is -3.84. The highest BCUT2D eigenvalue weighted by atomic mass is 32.2. The summed E-state index contributed by atoms with van der Waals surface area (Å²) in [5.74, 6) is -1.03. The number of benzene rings is 1. The van der Waals surface area contributed by atoms with Crippen LogP contribution < -0.4 is 5.69 Å². The minimum Gasteiger partial charge on any atom is -0.481 e. The van der Waals surface area contributed by atoms with E-state index in [0.29, 0.717) is 5.69 Å². The van der Waals surface area contributed by atoms with E-state index in [9.17, 15) is 23.1 Å². The number of nitrogens with one attached hydrogen (secondary N) is 1. The number of hydrogen-bond acceptors (Lipinski definition) is 6. The molecule has 0 aliphatic carbocycles. The van der Waals surface area contributed by atoms with Crippen molar-refractivity contribution in [2.45, 2.75) is 31.2 Å². The number of sulfonamides is 1. The molecule has 1 aliphatic rings. The van der Waals surface area contributed by atoms with E-state index in [1.165, 1.54) is 4.31 Å². The van der Waals surface area contributed by atoms with Crippen LogP contribution in [-0.4, -0.2) is 56.6 Å². The van der Waals surface area contributed by atoms with Gasteiger partial charge in [0.1, 0.15) is 4.90 Å². The first kappa shape index (κ1) is 20.2. The van der Waals surface area contributed by atoms with Gasteiger partial charge in [-0.15, -0.1) is 0 Å². The molecule has 158 valence electrons. The summed E-state index contributed by atoms with van der Waals surface area (Å²) in [6.45, 7) is 4.32. The summed E-state index contributed by atoms with van der Waals surface area (Å²) in [4.78, 5) is 28.1. The predicted molar refractivity (Wildman–Crippen MR) is 108 cm³/mol. The summed E-state index contributed by atoms with van der Waals surface area (Å²) in [6, 6.07) is 5.43. The normalized spacial score (nSPS) is 20.1. The van der Waals surface area contributed by atoms with Gasteiger partial charge in [0.05, 0.1) is 29.9 Å². The van der Waals surface area contributed by atoms with Crippen LogP contribution in [0.1, 0.15) is 24.2 Å². The van der Waals surface area contributed by atoms with Gasteiger partial charge in [0.15, 0.2) is 0 Å². The minimum absolute atomic E-state index is 0.0585. The first-order chi connectivity index (χ1) is 14.2. The Hall–Kier alpha value is -3.05. The topological polar surface area (TPSA) is 138 Å². The molecule has 0 radical (unpaired) electrons. The van der Waals surface area contributed by atoms with Crippen molar-refractivity contribution in [3.8, 4) is 0 Å². The molecule has 2 atom stereocenters. The van der Waals surface area contributed by atoms with Crippen LogP contribution in [0.4, 0.5) is 0 Å². The summed E-state index contributed by atoms with van der Waals surface area (Å²) in [5, 5.41) is 14.5. The predicted octanol–water partition coefficient (Wildman–Crippen LogP) is 0.937. The molecule has 2 N–H and O–H groups in total. The average molecular weight is 431 g/mol. The number of carboxylic acids is 1. The van der Waals surface area contributed by atoms with E-state index in [-0.39, 0.29) is 36.4 Å². The van der Waals surface area contributed by atoms with E-state index in [1.807, 2.05) is 32.0 Å². The van der Waals surface area contributed by atoms with Crippen LogP contribution in [0.5, 0.6) is 0 Å². The van der Waals surface area contributed by atoms with Crippen molar-refractivity contribution in [3.63, 3.8) is 0 Å². The number of aliphatic carboxylic acids is 1. The molecule has 2 aromatic heterocycles. The summed E-state index contributed by atoms with van der Waals surface area (Å²) in [7, 11) is -3.84. The number of nitrogens with zero attached hydrogens (tertiary/aromatic N) is 4. The second-order valence-electron chi connectivity index (χ2n) is 7.60. The van der Waals surface area contributed by atoms with E-state index in [1.54, 1.807) is 4.68 Å². The third-order valence-corrected chi connectivity index (χ3v) is 7.19. The van der Waals surface area contributed by atoms with Gasteiger partial charge in [-0.25, -0.2) is 18.2 Å². The lowest BCUT2D eigenvalue weighted by molar-refractivity contribution is -0.136. The van der Waals surface area contributed by atoms with Crippen LogP contribution in [-0.2, 0) is 21.2 Å². The largest absolute Gasteiger partial charge is 0.481 e. The summed E-state index contributed by atoms with van der Waals surface area (Å²) in [5.41, 5.74) is 1.62. The Balaban J connectivity index is 1.72. The fourth-order valence-corrected chi connectivity index (χ4v) is 5.35. The maximum atomic E-state index is 13.0. The highest BCUT2D eigenvalue weighted by Gasteiger charge is 2.39. The molecule has 10 nitrogen and oxygen atoms in total. The maximum absolute atomic E-state index is 13.0. The number of aryl methyl sites for hydroxylation is 1. The lowest BCUT2D eigenvalue weighted by atomic mass is 10.1. The number of H-pyrrole nitrogens is 1. The van der Waals surface area contributed by atoms with Crippen LogP contribution in [0.3, 0.4) is 0 Å². The highest BCUT2D eigenvalue weighted by Crippen LogP contribution is 2.34. The molecule has 1 aromatic carbocycles. The summed E-state index contributed by atoms with van der Waals surface area (Å²) >= 11 is 0. The standard InChI is InChI=1S/C19H21N5O5S/c1-11-3-4-14-15(6-18(25)26)22-24(16(14)5-11)17-10-23(9-12(17)2)30(28,29)13-7-20-19(27)21-8-13/h3-5,7-8,12,17H,6,9-10H2,1-2H3,(H,25,26)(H,20,21,27)/t12-,17+/m1/s1. The number of carbonyl (C=O) groups is 1. The van der Waals surface area contributed by atoms with Gasteiger partial charge in [-0.3, -0.25) is 9.48 Å². The maximum Gasteiger partial charge on any atom is 0.344 e. The monoisotopic (exact) mass is 431 g/mol. The Bertz CT molecular complexity index is 1280. The quantitative estimate of drug-likeness (QED) is 0.613. The van der Waals surface area contributed by atoms with Gasteiger partial charge in [0.2, 0.25) is 10.0 Å². The number of fused-ring (bicyclic) bond motifs is 1. The smallest absolute Gasteiger partial charge is 0.344 e. The van der Waals surface area contributed by atoms with Crippen LogP contribution >= 0.6 is 0 Å². The lowest BCUT2D eigenvalue weighted by Crippen LogP contribution is -2.30. The third-order valence-electron chi connectivity index (χ3n) is 5.40. The number of rotatable bonds is 5. The number of aromatic nitrogens is 4. The van der Waals surface area contributed by atoms with Gasteiger partial charge in [0, 0.05) is 24.7 Å². The molecule has 1 aliphatic heterocycles. The first-order valence-electron chi connectivity index (χ1n) is 9.41. The fourth-order valence-electron chi connectivity index (χ4n) is 3.88. The second kappa shape index (κ2) is 7.33. The molecular formula is C19H21N5O5S. The van der Waals surface area contributed by atoms with Crippen molar-refractivity contribution < 1.29 is 18.3 Å². The molecule has 0 bridgehead atoms. The van der Waals surface area contributed by atoms with Gasteiger partial charge in [-0.05, 0) is 24.5 Å². The zero-order valence-electron chi connectivity index (χ0n) is 16.4. The van der Waals surface area contributed by atoms with Gasteiger partial charge >= 0.3 is 11.7 Å². The Morgan fingerprint density at radius 1 is 1.33 bits per heavy atom. The Morgan fingerprint density at radius 2 is 2.10 bits per heavy atom. The second-order valence-corrected chi connectivity index (χ2v) is 9.54. The van der Waals surface area contributed by atoms with Crippen LogP contribution in [0.25, 0.3) is 10.9 Å². The lowest BCUT2D eigenvalue weighted by Gasteiger charge is -2.17. The van der Waals surface area contributed by atoms with Crippen molar-refractivity contribution in [1.82, 2.24) is 24.1 Å². The van der Waals surface area contributed by atoms with Crippen LogP contribution in [0, 0.1) is 12.8 Å². The van der Waals surface area contributed by atoms with E-state index in [0.717, 1.165) is 28.9 Å². The van der Waals surface area contributed by atoms with Crippen LogP contribution in [0.15, 0.2) is 40.3 Å². The first-order valence-corrected chi connectivity index (χ1v) is 10.8. The number of carboxylic acid groups (broad SMARTS) is 1. The molecule has 0 unspecified atom stereocenters. The molecule has 3 aromatic rings. The van der Waals surface area contributed by atoms with E-state index >= 15 is 0 Å². The molecule has 0 amide bonds. The third kappa shape index (κ3) is 3.50. The van der Waals surface area contributed by atoms with Crippen molar-refractivity contribution in [2.24, 2.45) is 5.92 Å². The Morgan fingerprint density at radius 3 is 2.77 bits per heavy atom. The molecule has 30 heavy (non-hydrogen) atoms. The van der Waals surface area contributed by atoms with E-state index in [4.69, 9.17) is 0 Å². The van der Waals surface area contributed by atoms with Crippen molar-refractivity contribution >= 4 is 26.9 Å². The molecular weight excluding hydrogens is 410 g/mol. The molecule has 0 saturated carbocycles. The van der Waals surface area contributed by atoms with Crippen molar-refractivity contribution in [1.29, 1.82) is 0 Å². The molecule has 1 saturated heterocycles. The van der Waals surface area contributed by atoms with Gasteiger partial charge in [-0.2, -0.15) is 9.40 Å². The molecule has 1 fully saturated rings. The number of aromatic amines is 1. The average Bonchev–Trinajstić information content (AvgIpc) is 3.22. The van der Waals surface area contributed by atoms with Crippen molar-refractivity contribution in [2.75, 3.05) is 13.1 Å². The zero-order valence-corrected chi connectivity index (χ0v) is 17.3. The van der Waals surface area contributed by atoms with Gasteiger partial charge in [-0.1, -0.05) is 19.1 Å². The highest BCUT2D eigenvalue weighted by molar-refractivity contribution is 7.89. The number of hydrogen-bond donors (Lipinski definition) is 2. The SMILES string of the molecule is Cc1ccc2c(CC(=O)O)nn([C@H]3CN(S(=O)(=O)c4cnc(=O)[nH]c4)C[C@H]3C)c2c1. The van der Waals surface area contributed by atoms with E-state index in [2.05, 4.69) is 15.1 Å². The molecule has 4 rings (SSSR count). The zero-order chi connectivity index (χ0) is 21.6. The molecule has 3 heterocycles. The molecule has 11 heteroatoms. The van der Waals surface area contributed by atoms with Crippen LogP contribution in [0.2, 0.25) is 0 Å². The van der Waals surface area contributed by atoms with Crippen molar-refractivity contribution in [3.05, 3.63) is 52.3 Å². The Labute approximate surface area is 172 Å². The van der Waals surface area contributed by atoms with E-state index < -0.39 is 21.7 Å². The molecule has 0 spiro atoms. The Kier molecular flexibility index (Phi) is 4.94. The fraction of sp³-hybridized carbons (Fsp3) is 0.368.